The van der Waals surface area contributed by atoms with Gasteiger partial charge in [0, 0.05) is 0 Å². The molecule has 0 radical (unpaired) electrons. The summed E-state index contributed by atoms with van der Waals surface area (Å²) in [7, 11) is 0. The summed E-state index contributed by atoms with van der Waals surface area (Å²) in [6, 6.07) is 20.2. The molecule has 0 aliphatic heterocycles. The highest BCUT2D eigenvalue weighted by molar-refractivity contribution is 5.22. The molecule has 40 heavy (non-hydrogen) atoms. The lowest BCUT2D eigenvalue weighted by atomic mass is 9.98. The number of benzene rings is 2. The van der Waals surface area contributed by atoms with E-state index in [2.05, 4.69) is 11.8 Å². The molecule has 0 fully saturated rings. The summed E-state index contributed by atoms with van der Waals surface area (Å²) >= 11 is 0. The molecule has 0 aliphatic rings. The lowest BCUT2D eigenvalue weighted by Crippen LogP contribution is -2.32. The SMILES string of the molecule is CC(C)(C)OOC(C)(C)C#CC(C)(C)OOC(C)(C)C.CC(C)(OOC(C)(C)c1ccccc1)c1ccccc1. The molecule has 0 heterocycles. The van der Waals surface area contributed by atoms with E-state index in [1.165, 1.54) is 0 Å². The Kier molecular flexibility index (Phi) is 12.6. The maximum absolute atomic E-state index is 5.73. The van der Waals surface area contributed by atoms with Crippen LogP contribution in [0.4, 0.5) is 0 Å². The molecule has 0 unspecified atom stereocenters. The van der Waals surface area contributed by atoms with Crippen molar-refractivity contribution in [2.45, 2.75) is 131 Å². The van der Waals surface area contributed by atoms with E-state index in [1.54, 1.807) is 0 Å². The molecule has 0 aromatic heterocycles. The van der Waals surface area contributed by atoms with Crippen LogP contribution < -0.4 is 0 Å². The molecule has 0 bridgehead atoms. The summed E-state index contributed by atoms with van der Waals surface area (Å²) in [5.74, 6) is 6.01. The number of hydrogen-bond acceptors (Lipinski definition) is 6. The Morgan fingerprint density at radius 1 is 0.375 bits per heavy atom. The van der Waals surface area contributed by atoms with Gasteiger partial charge in [0.2, 0.25) is 0 Å². The van der Waals surface area contributed by atoms with Gasteiger partial charge < -0.3 is 0 Å². The topological polar surface area (TPSA) is 55.4 Å². The average Bonchev–Trinajstić information content (AvgIpc) is 2.85. The van der Waals surface area contributed by atoms with E-state index in [0.717, 1.165) is 11.1 Å². The average molecular weight is 557 g/mol. The molecule has 224 valence electrons. The van der Waals surface area contributed by atoms with Crippen LogP contribution in [0.25, 0.3) is 0 Å². The molecule has 0 amide bonds. The van der Waals surface area contributed by atoms with Crippen LogP contribution in [0.3, 0.4) is 0 Å². The van der Waals surface area contributed by atoms with Crippen molar-refractivity contribution in [3.05, 3.63) is 71.8 Å². The van der Waals surface area contributed by atoms with Gasteiger partial charge in [-0.05, 0) is 108 Å². The van der Waals surface area contributed by atoms with Gasteiger partial charge >= 0.3 is 0 Å². The van der Waals surface area contributed by atoms with Gasteiger partial charge in [0.05, 0.1) is 11.2 Å². The second kappa shape index (κ2) is 14.1. The third-order valence-electron chi connectivity index (χ3n) is 5.06. The number of rotatable bonds is 9. The summed E-state index contributed by atoms with van der Waals surface area (Å²) in [6.07, 6.45) is 0. The molecular formula is C34H52O6. The van der Waals surface area contributed by atoms with Crippen LogP contribution in [0.1, 0.15) is 108 Å². The van der Waals surface area contributed by atoms with Gasteiger partial charge in [-0.3, -0.25) is 0 Å². The van der Waals surface area contributed by atoms with Crippen LogP contribution in [0.15, 0.2) is 60.7 Å². The smallest absolute Gasteiger partial charge is 0.158 e. The predicted molar refractivity (Wildman–Crippen MR) is 161 cm³/mol. The maximum atomic E-state index is 5.73. The first-order valence-electron chi connectivity index (χ1n) is 13.8. The van der Waals surface area contributed by atoms with Gasteiger partial charge in [0.1, 0.15) is 11.2 Å². The molecule has 0 N–H and O–H groups in total. The first-order chi connectivity index (χ1) is 18.0. The standard InChI is InChI=1S/C18H22O2.C16H30O4/c1-17(2,15-11-7-5-8-12-15)19-20-18(3,4)16-13-9-6-10-14-16;1-13(2,3)17-19-15(7,8)11-12-16(9,10)20-18-14(4,5)6/h5-14H,1-4H3;1-10H3. The van der Waals surface area contributed by atoms with Crippen molar-refractivity contribution in [3.63, 3.8) is 0 Å². The third kappa shape index (κ3) is 14.9. The van der Waals surface area contributed by atoms with Gasteiger partial charge in [-0.15, -0.1) is 0 Å². The Morgan fingerprint density at radius 2 is 0.650 bits per heavy atom. The van der Waals surface area contributed by atoms with Crippen LogP contribution in [0, 0.1) is 11.8 Å². The highest BCUT2D eigenvalue weighted by Crippen LogP contribution is 2.31. The van der Waals surface area contributed by atoms with Gasteiger partial charge in [-0.1, -0.05) is 72.5 Å². The first-order valence-corrected chi connectivity index (χ1v) is 13.8. The molecule has 2 aromatic rings. The zero-order valence-electron chi connectivity index (χ0n) is 27.2. The van der Waals surface area contributed by atoms with E-state index in [-0.39, 0.29) is 11.2 Å². The monoisotopic (exact) mass is 556 g/mol. The lowest BCUT2D eigenvalue weighted by Gasteiger charge is -2.31. The fourth-order valence-corrected chi connectivity index (χ4v) is 2.78. The van der Waals surface area contributed by atoms with E-state index in [4.69, 9.17) is 29.3 Å². The highest BCUT2D eigenvalue weighted by Gasteiger charge is 2.29. The highest BCUT2D eigenvalue weighted by atomic mass is 17.2. The second-order valence-electron chi connectivity index (χ2n) is 13.7. The molecule has 2 aromatic carbocycles. The molecular weight excluding hydrogens is 504 g/mol. The molecule has 0 aliphatic carbocycles. The summed E-state index contributed by atoms with van der Waals surface area (Å²) in [5, 5.41) is 0. The first kappa shape index (κ1) is 35.8. The summed E-state index contributed by atoms with van der Waals surface area (Å²) < 4.78 is 0. The van der Waals surface area contributed by atoms with Crippen LogP contribution in [0.2, 0.25) is 0 Å². The minimum atomic E-state index is -0.727. The summed E-state index contributed by atoms with van der Waals surface area (Å²) in [6.45, 7) is 26.9. The third-order valence-corrected chi connectivity index (χ3v) is 5.06. The van der Waals surface area contributed by atoms with E-state index < -0.39 is 22.4 Å². The second-order valence-corrected chi connectivity index (χ2v) is 13.7. The van der Waals surface area contributed by atoms with Crippen LogP contribution in [0.5, 0.6) is 0 Å². The van der Waals surface area contributed by atoms with E-state index in [1.807, 2.05) is 158 Å². The Bertz CT molecular complexity index is 977. The maximum Gasteiger partial charge on any atom is 0.158 e. The molecule has 0 saturated heterocycles. The lowest BCUT2D eigenvalue weighted by molar-refractivity contribution is -0.410. The number of hydrogen-bond donors (Lipinski definition) is 0. The Balaban J connectivity index is 0.000000400. The van der Waals surface area contributed by atoms with Gasteiger partial charge in [-0.2, -0.15) is 0 Å². The van der Waals surface area contributed by atoms with Crippen molar-refractivity contribution in [1.82, 2.24) is 0 Å². The Labute approximate surface area is 243 Å². The van der Waals surface area contributed by atoms with E-state index in [9.17, 15) is 0 Å². The van der Waals surface area contributed by atoms with Crippen LogP contribution in [-0.2, 0) is 40.5 Å². The summed E-state index contributed by atoms with van der Waals surface area (Å²) in [5.41, 5.74) is -1.01. The fraction of sp³-hybridized carbons (Fsp3) is 0.588. The van der Waals surface area contributed by atoms with Crippen LogP contribution >= 0.6 is 0 Å². The van der Waals surface area contributed by atoms with Crippen molar-refractivity contribution in [2.75, 3.05) is 0 Å². The van der Waals surface area contributed by atoms with Crippen molar-refractivity contribution < 1.29 is 29.3 Å². The van der Waals surface area contributed by atoms with Crippen molar-refractivity contribution in [1.29, 1.82) is 0 Å². The van der Waals surface area contributed by atoms with Crippen molar-refractivity contribution in [2.24, 2.45) is 0 Å². The fourth-order valence-electron chi connectivity index (χ4n) is 2.78. The predicted octanol–water partition coefficient (Wildman–Crippen LogP) is 8.85. The molecule has 0 atom stereocenters. The minimum Gasteiger partial charge on any atom is -0.229 e. The van der Waals surface area contributed by atoms with Crippen molar-refractivity contribution in [3.8, 4) is 11.8 Å². The summed E-state index contributed by atoms with van der Waals surface area (Å²) in [4.78, 5) is 32.8. The van der Waals surface area contributed by atoms with Gasteiger partial charge in [0.15, 0.2) is 11.2 Å². The normalized spacial score (nSPS) is 13.2. The van der Waals surface area contributed by atoms with E-state index in [0.29, 0.717) is 0 Å². The Morgan fingerprint density at radius 3 is 0.900 bits per heavy atom. The zero-order chi connectivity index (χ0) is 30.9. The minimum absolute atomic E-state index is 0.375. The molecule has 2 rings (SSSR count). The van der Waals surface area contributed by atoms with Crippen LogP contribution in [-0.4, -0.2) is 22.4 Å². The quantitative estimate of drug-likeness (QED) is 0.175. The molecule has 6 heteroatoms. The molecule has 0 saturated carbocycles. The molecule has 6 nitrogen and oxygen atoms in total. The largest absolute Gasteiger partial charge is 0.229 e. The Hall–Kier alpha value is -2.24. The van der Waals surface area contributed by atoms with Crippen molar-refractivity contribution >= 4 is 0 Å². The van der Waals surface area contributed by atoms with Gasteiger partial charge in [0.25, 0.3) is 0 Å². The van der Waals surface area contributed by atoms with Gasteiger partial charge in [-0.25, -0.2) is 29.3 Å². The van der Waals surface area contributed by atoms with E-state index >= 15 is 0 Å². The zero-order valence-corrected chi connectivity index (χ0v) is 27.2. The molecule has 0 spiro atoms.